The average Bonchev–Trinajstić information content (AvgIpc) is 2.14. The van der Waals surface area contributed by atoms with Crippen molar-refractivity contribution in [1.82, 2.24) is 0 Å². The van der Waals surface area contributed by atoms with Crippen LogP contribution in [0.15, 0.2) is 18.2 Å². The first-order chi connectivity index (χ1) is 7.71. The predicted molar refractivity (Wildman–Crippen MR) is 77.8 cm³/mol. The van der Waals surface area contributed by atoms with E-state index in [1.165, 1.54) is 23.1 Å². The van der Waals surface area contributed by atoms with Crippen molar-refractivity contribution in [2.24, 2.45) is 5.92 Å². The fourth-order valence-corrected chi connectivity index (χ4v) is 2.37. The van der Waals surface area contributed by atoms with Gasteiger partial charge in [0.1, 0.15) is 0 Å². The summed E-state index contributed by atoms with van der Waals surface area (Å²) in [7, 11) is 0. The summed E-state index contributed by atoms with van der Waals surface area (Å²) in [6, 6.07) is 7.07. The molecule has 1 rings (SSSR count). The van der Waals surface area contributed by atoms with Gasteiger partial charge in [-0.25, -0.2) is 0 Å². The molecule has 0 radical (unpaired) electrons. The van der Waals surface area contributed by atoms with E-state index in [1.54, 1.807) is 0 Å². The Labute approximate surface area is 107 Å². The molecule has 0 aliphatic carbocycles. The van der Waals surface area contributed by atoms with Crippen LogP contribution in [0.2, 0.25) is 0 Å². The molecular weight excluding hydrogens is 204 g/mol. The third-order valence-electron chi connectivity index (χ3n) is 3.19. The van der Waals surface area contributed by atoms with Crippen molar-refractivity contribution in [3.8, 4) is 0 Å². The summed E-state index contributed by atoms with van der Waals surface area (Å²) in [6.07, 6.45) is 1.18. The largest absolute Gasteiger partial charge is 0.0625 e. The van der Waals surface area contributed by atoms with Gasteiger partial charge >= 0.3 is 0 Å². The molecule has 1 aromatic carbocycles. The minimum Gasteiger partial charge on any atom is -0.0625 e. The van der Waals surface area contributed by atoms with Gasteiger partial charge in [-0.3, -0.25) is 0 Å². The first-order valence-electron chi connectivity index (χ1n) is 6.85. The molecule has 0 aliphatic rings. The van der Waals surface area contributed by atoms with Gasteiger partial charge in [0.25, 0.3) is 0 Å². The molecule has 96 valence electrons. The summed E-state index contributed by atoms with van der Waals surface area (Å²) in [6.45, 7) is 16.1. The molecule has 0 fully saturated rings. The van der Waals surface area contributed by atoms with Gasteiger partial charge in [0, 0.05) is 0 Å². The minimum atomic E-state index is 0.246. The molecule has 0 aliphatic heterocycles. The predicted octanol–water partition coefficient (Wildman–Crippen LogP) is 5.31. The molecule has 0 atom stereocenters. The summed E-state index contributed by atoms with van der Waals surface area (Å²) in [4.78, 5) is 0. The van der Waals surface area contributed by atoms with Gasteiger partial charge < -0.3 is 0 Å². The van der Waals surface area contributed by atoms with Gasteiger partial charge in [0.2, 0.25) is 0 Å². The van der Waals surface area contributed by atoms with Crippen LogP contribution in [0.4, 0.5) is 0 Å². The Morgan fingerprint density at radius 2 is 1.59 bits per heavy atom. The molecule has 0 N–H and O–H groups in total. The molecule has 0 heterocycles. The molecule has 1 aromatic rings. The number of benzene rings is 1. The lowest BCUT2D eigenvalue weighted by Gasteiger charge is -2.25. The molecule has 0 aromatic heterocycles. The van der Waals surface area contributed by atoms with E-state index >= 15 is 0 Å². The van der Waals surface area contributed by atoms with Gasteiger partial charge in [-0.2, -0.15) is 0 Å². The fraction of sp³-hybridized carbons (Fsp3) is 0.647. The highest BCUT2D eigenvalue weighted by Crippen LogP contribution is 2.31. The third-order valence-corrected chi connectivity index (χ3v) is 3.19. The normalized spacial score (nSPS) is 12.5. The summed E-state index contributed by atoms with van der Waals surface area (Å²) >= 11 is 0. The van der Waals surface area contributed by atoms with Crippen molar-refractivity contribution in [2.75, 3.05) is 0 Å². The highest BCUT2D eigenvalue weighted by molar-refractivity contribution is 5.38. The van der Waals surface area contributed by atoms with E-state index in [4.69, 9.17) is 0 Å². The van der Waals surface area contributed by atoms with Crippen LogP contribution in [-0.4, -0.2) is 0 Å². The van der Waals surface area contributed by atoms with Crippen LogP contribution < -0.4 is 0 Å². The van der Waals surface area contributed by atoms with Gasteiger partial charge in [0.05, 0.1) is 0 Å². The van der Waals surface area contributed by atoms with Crippen molar-refractivity contribution in [3.05, 3.63) is 34.9 Å². The summed E-state index contributed by atoms with van der Waals surface area (Å²) < 4.78 is 0. The molecule has 0 nitrogen and oxygen atoms in total. The van der Waals surface area contributed by atoms with E-state index in [0.717, 1.165) is 5.92 Å². The van der Waals surface area contributed by atoms with Crippen LogP contribution in [0.5, 0.6) is 0 Å². The zero-order valence-corrected chi connectivity index (χ0v) is 12.6. The molecule has 0 amide bonds. The fourth-order valence-electron chi connectivity index (χ4n) is 2.37. The van der Waals surface area contributed by atoms with E-state index in [2.05, 4.69) is 66.7 Å². The maximum Gasteiger partial charge on any atom is -0.0129 e. The Morgan fingerprint density at radius 1 is 1.00 bits per heavy atom. The Morgan fingerprint density at radius 3 is 2.00 bits per heavy atom. The molecule has 0 bridgehead atoms. The highest BCUT2D eigenvalue weighted by Gasteiger charge is 2.19. The van der Waals surface area contributed by atoms with E-state index in [-0.39, 0.29) is 5.41 Å². The molecule has 0 unspecified atom stereocenters. The Kier molecular flexibility index (Phi) is 4.41. The van der Waals surface area contributed by atoms with E-state index in [9.17, 15) is 0 Å². The first-order valence-corrected chi connectivity index (χ1v) is 6.85. The Bertz CT molecular complexity index is 364. The maximum atomic E-state index is 2.42. The van der Waals surface area contributed by atoms with Crippen LogP contribution in [0.25, 0.3) is 0 Å². The van der Waals surface area contributed by atoms with Crippen LogP contribution in [-0.2, 0) is 11.8 Å². The Balaban J connectivity index is 3.18. The summed E-state index contributed by atoms with van der Waals surface area (Å²) in [5.41, 5.74) is 4.75. The first kappa shape index (κ1) is 14.3. The van der Waals surface area contributed by atoms with Crippen LogP contribution >= 0.6 is 0 Å². The molecule has 0 saturated heterocycles. The zero-order valence-electron chi connectivity index (χ0n) is 12.6. The van der Waals surface area contributed by atoms with E-state index in [0.29, 0.717) is 5.92 Å². The number of hydrogen-bond acceptors (Lipinski definition) is 0. The molecule has 17 heavy (non-hydrogen) atoms. The lowest BCUT2D eigenvalue weighted by molar-refractivity contribution is 0.575. The van der Waals surface area contributed by atoms with Crippen LogP contribution in [0.1, 0.15) is 71.1 Å². The van der Waals surface area contributed by atoms with Crippen LogP contribution in [0.3, 0.4) is 0 Å². The maximum absolute atomic E-state index is 2.42. The van der Waals surface area contributed by atoms with Crippen LogP contribution in [0, 0.1) is 5.92 Å². The zero-order chi connectivity index (χ0) is 13.2. The highest BCUT2D eigenvalue weighted by atomic mass is 14.2. The molecule has 0 heteroatoms. The van der Waals surface area contributed by atoms with Gasteiger partial charge in [-0.05, 0) is 40.4 Å². The van der Waals surface area contributed by atoms with Gasteiger partial charge in [0.15, 0.2) is 0 Å². The van der Waals surface area contributed by atoms with E-state index < -0.39 is 0 Å². The topological polar surface area (TPSA) is 0 Å². The second-order valence-electron chi connectivity index (χ2n) is 6.92. The average molecular weight is 232 g/mol. The van der Waals surface area contributed by atoms with Crippen molar-refractivity contribution in [1.29, 1.82) is 0 Å². The molecule has 0 saturated carbocycles. The Hall–Kier alpha value is -0.780. The monoisotopic (exact) mass is 232 g/mol. The van der Waals surface area contributed by atoms with Crippen molar-refractivity contribution >= 4 is 0 Å². The smallest absolute Gasteiger partial charge is 0.0129 e. The number of rotatable bonds is 3. The standard InChI is InChI=1S/C17H28/c1-12(2)10-14-8-9-16(17(5,6)7)15(11-14)13(3)4/h8-9,11-13H,10H2,1-7H3. The quantitative estimate of drug-likeness (QED) is 0.663. The van der Waals surface area contributed by atoms with Crippen molar-refractivity contribution in [2.45, 2.75) is 66.2 Å². The van der Waals surface area contributed by atoms with Gasteiger partial charge in [-0.15, -0.1) is 0 Å². The lowest BCUT2D eigenvalue weighted by atomic mass is 9.79. The second-order valence-corrected chi connectivity index (χ2v) is 6.92. The minimum absolute atomic E-state index is 0.246. The van der Waals surface area contributed by atoms with Gasteiger partial charge in [-0.1, -0.05) is 66.7 Å². The summed E-state index contributed by atoms with van der Waals surface area (Å²) in [5, 5.41) is 0. The van der Waals surface area contributed by atoms with Crippen molar-refractivity contribution < 1.29 is 0 Å². The number of hydrogen-bond donors (Lipinski definition) is 0. The second kappa shape index (κ2) is 5.25. The molecule has 0 spiro atoms. The summed E-state index contributed by atoms with van der Waals surface area (Å²) in [5.74, 6) is 1.34. The van der Waals surface area contributed by atoms with Crippen molar-refractivity contribution in [3.63, 3.8) is 0 Å². The van der Waals surface area contributed by atoms with E-state index in [1.807, 2.05) is 0 Å². The SMILES string of the molecule is CC(C)Cc1ccc(C(C)(C)C)c(C(C)C)c1. The lowest BCUT2D eigenvalue weighted by Crippen LogP contribution is -2.15. The third kappa shape index (κ3) is 3.87. The molecular formula is C17H28.